The Hall–Kier alpha value is -3.48. The molecule has 144 valence electrons. The quantitative estimate of drug-likeness (QED) is 0.650. The molecular formula is C21H19F2N3O2. The Morgan fingerprint density at radius 1 is 0.929 bits per heavy atom. The molecule has 0 bridgehead atoms. The predicted molar refractivity (Wildman–Crippen MR) is 100 cm³/mol. The number of carbonyl (C=O) groups is 1. The van der Waals surface area contributed by atoms with Crippen LogP contribution in [-0.2, 0) is 19.7 Å². The molecule has 1 heterocycles. The standard InChI is InChI=1S/C21H19F2N3O2/c22-18-6-3-4-15(10-18)12-25-21(27)26-13-16-8-9-24-20(11-16)28-14-17-5-1-2-7-19(17)23/h1-11H,12-14H2,(H2,25,26,27). The smallest absolute Gasteiger partial charge is 0.315 e. The van der Waals surface area contributed by atoms with Crippen LogP contribution in [0.1, 0.15) is 16.7 Å². The third kappa shape index (κ3) is 5.77. The van der Waals surface area contributed by atoms with Crippen LogP contribution in [0.5, 0.6) is 5.88 Å². The van der Waals surface area contributed by atoms with Gasteiger partial charge >= 0.3 is 6.03 Å². The molecule has 28 heavy (non-hydrogen) atoms. The summed E-state index contributed by atoms with van der Waals surface area (Å²) in [6.07, 6.45) is 1.55. The van der Waals surface area contributed by atoms with Gasteiger partial charge in [-0.3, -0.25) is 0 Å². The zero-order chi connectivity index (χ0) is 19.8. The van der Waals surface area contributed by atoms with Crippen molar-refractivity contribution < 1.29 is 18.3 Å². The zero-order valence-electron chi connectivity index (χ0n) is 15.0. The lowest BCUT2D eigenvalue weighted by Crippen LogP contribution is -2.34. The number of nitrogens with one attached hydrogen (secondary N) is 2. The molecule has 0 saturated heterocycles. The number of hydrogen-bond acceptors (Lipinski definition) is 3. The zero-order valence-corrected chi connectivity index (χ0v) is 15.0. The van der Waals surface area contributed by atoms with Crippen LogP contribution in [0.2, 0.25) is 0 Å². The molecule has 2 amide bonds. The van der Waals surface area contributed by atoms with Gasteiger partial charge in [-0.05, 0) is 35.4 Å². The first-order chi connectivity index (χ1) is 13.6. The van der Waals surface area contributed by atoms with Gasteiger partial charge in [0.25, 0.3) is 0 Å². The average Bonchev–Trinajstić information content (AvgIpc) is 2.70. The van der Waals surface area contributed by atoms with Crippen LogP contribution in [0, 0.1) is 11.6 Å². The Bertz CT molecular complexity index is 950. The SMILES string of the molecule is O=C(NCc1cccc(F)c1)NCc1ccnc(OCc2ccccc2F)c1. The molecule has 0 atom stereocenters. The lowest BCUT2D eigenvalue weighted by Gasteiger charge is -2.10. The summed E-state index contributed by atoms with van der Waals surface area (Å²) >= 11 is 0. The van der Waals surface area contributed by atoms with E-state index < -0.39 is 0 Å². The van der Waals surface area contributed by atoms with Gasteiger partial charge in [0.05, 0.1) is 0 Å². The van der Waals surface area contributed by atoms with E-state index in [-0.39, 0.29) is 37.4 Å². The van der Waals surface area contributed by atoms with E-state index in [2.05, 4.69) is 15.6 Å². The highest BCUT2D eigenvalue weighted by molar-refractivity contribution is 5.73. The molecule has 0 fully saturated rings. The van der Waals surface area contributed by atoms with E-state index in [0.29, 0.717) is 17.0 Å². The third-order valence-electron chi connectivity index (χ3n) is 3.93. The van der Waals surface area contributed by atoms with Gasteiger partial charge < -0.3 is 15.4 Å². The number of aromatic nitrogens is 1. The molecule has 0 spiro atoms. The first kappa shape index (κ1) is 19.3. The minimum absolute atomic E-state index is 0.0602. The monoisotopic (exact) mass is 383 g/mol. The number of halogens is 2. The van der Waals surface area contributed by atoms with Crippen molar-refractivity contribution in [1.29, 1.82) is 0 Å². The first-order valence-corrected chi connectivity index (χ1v) is 8.67. The Labute approximate surface area is 161 Å². The van der Waals surface area contributed by atoms with Crippen molar-refractivity contribution in [2.24, 2.45) is 0 Å². The van der Waals surface area contributed by atoms with Gasteiger partial charge in [-0.15, -0.1) is 0 Å². The van der Waals surface area contributed by atoms with Gasteiger partial charge in [-0.25, -0.2) is 18.6 Å². The summed E-state index contributed by atoms with van der Waals surface area (Å²) in [5.41, 5.74) is 1.88. The Morgan fingerprint density at radius 2 is 1.68 bits per heavy atom. The van der Waals surface area contributed by atoms with Crippen molar-refractivity contribution >= 4 is 6.03 Å². The second-order valence-electron chi connectivity index (χ2n) is 6.05. The minimum Gasteiger partial charge on any atom is -0.473 e. The fourth-order valence-corrected chi connectivity index (χ4v) is 2.48. The van der Waals surface area contributed by atoms with Crippen molar-refractivity contribution in [3.8, 4) is 5.88 Å². The number of amides is 2. The fourth-order valence-electron chi connectivity index (χ4n) is 2.48. The number of hydrogen-bond donors (Lipinski definition) is 2. The van der Waals surface area contributed by atoms with Gasteiger partial charge in [0.2, 0.25) is 5.88 Å². The predicted octanol–water partition coefficient (Wildman–Crippen LogP) is 3.94. The highest BCUT2D eigenvalue weighted by Crippen LogP contribution is 2.13. The van der Waals surface area contributed by atoms with Gasteiger partial charge in [0.1, 0.15) is 18.2 Å². The number of urea groups is 1. The minimum atomic E-state index is -0.380. The van der Waals surface area contributed by atoms with Gasteiger partial charge in [-0.1, -0.05) is 30.3 Å². The van der Waals surface area contributed by atoms with Gasteiger partial charge in [0, 0.05) is 30.9 Å². The van der Waals surface area contributed by atoms with Crippen LogP contribution in [0.3, 0.4) is 0 Å². The first-order valence-electron chi connectivity index (χ1n) is 8.67. The molecule has 5 nitrogen and oxygen atoms in total. The van der Waals surface area contributed by atoms with Crippen LogP contribution in [0.4, 0.5) is 13.6 Å². The summed E-state index contributed by atoms with van der Waals surface area (Å²) in [4.78, 5) is 16.0. The van der Waals surface area contributed by atoms with Crippen molar-refractivity contribution in [2.45, 2.75) is 19.7 Å². The topological polar surface area (TPSA) is 63.2 Å². The lowest BCUT2D eigenvalue weighted by atomic mass is 10.2. The van der Waals surface area contributed by atoms with E-state index in [0.717, 1.165) is 5.56 Å². The molecule has 0 aliphatic heterocycles. The maximum atomic E-state index is 13.6. The van der Waals surface area contributed by atoms with Crippen molar-refractivity contribution in [2.75, 3.05) is 0 Å². The fraction of sp³-hybridized carbons (Fsp3) is 0.143. The van der Waals surface area contributed by atoms with Crippen molar-refractivity contribution in [3.05, 3.63) is 95.2 Å². The van der Waals surface area contributed by atoms with E-state index in [1.807, 2.05) is 0 Å². The number of pyridine rings is 1. The van der Waals surface area contributed by atoms with E-state index in [4.69, 9.17) is 4.74 Å². The largest absolute Gasteiger partial charge is 0.473 e. The molecule has 0 radical (unpaired) electrons. The van der Waals surface area contributed by atoms with Crippen LogP contribution >= 0.6 is 0 Å². The van der Waals surface area contributed by atoms with Crippen LogP contribution < -0.4 is 15.4 Å². The second-order valence-corrected chi connectivity index (χ2v) is 6.05. The molecule has 2 aromatic carbocycles. The highest BCUT2D eigenvalue weighted by atomic mass is 19.1. The molecule has 3 rings (SSSR count). The summed E-state index contributed by atoms with van der Waals surface area (Å²) in [5, 5.41) is 5.37. The van der Waals surface area contributed by atoms with Crippen molar-refractivity contribution in [1.82, 2.24) is 15.6 Å². The number of nitrogens with zero attached hydrogens (tertiary/aromatic N) is 1. The van der Waals surface area contributed by atoms with Crippen LogP contribution in [0.15, 0.2) is 66.9 Å². The molecule has 1 aromatic heterocycles. The number of rotatable bonds is 7. The molecule has 3 aromatic rings. The van der Waals surface area contributed by atoms with Crippen LogP contribution in [-0.4, -0.2) is 11.0 Å². The maximum Gasteiger partial charge on any atom is 0.315 e. The molecule has 0 saturated carbocycles. The molecular weight excluding hydrogens is 364 g/mol. The maximum absolute atomic E-state index is 13.6. The van der Waals surface area contributed by atoms with Crippen molar-refractivity contribution in [3.63, 3.8) is 0 Å². The third-order valence-corrected chi connectivity index (χ3v) is 3.93. The Kier molecular flexibility index (Phi) is 6.51. The van der Waals surface area contributed by atoms with Gasteiger partial charge in [0.15, 0.2) is 0 Å². The molecule has 7 heteroatoms. The average molecular weight is 383 g/mol. The number of benzene rings is 2. The summed E-state index contributed by atoms with van der Waals surface area (Å²) in [5.74, 6) is -0.350. The molecule has 0 unspecified atom stereocenters. The molecule has 0 aliphatic carbocycles. The second kappa shape index (κ2) is 9.45. The highest BCUT2D eigenvalue weighted by Gasteiger charge is 2.05. The van der Waals surface area contributed by atoms with E-state index in [1.165, 1.54) is 18.2 Å². The molecule has 2 N–H and O–H groups in total. The van der Waals surface area contributed by atoms with E-state index in [9.17, 15) is 13.6 Å². The molecule has 0 aliphatic rings. The summed E-state index contributed by atoms with van der Waals surface area (Å²) in [6, 6.07) is 15.4. The summed E-state index contributed by atoms with van der Waals surface area (Å²) in [6.45, 7) is 0.537. The summed E-state index contributed by atoms with van der Waals surface area (Å²) in [7, 11) is 0. The Balaban J connectivity index is 1.47. The van der Waals surface area contributed by atoms with Gasteiger partial charge in [-0.2, -0.15) is 0 Å². The Morgan fingerprint density at radius 3 is 2.43 bits per heavy atom. The normalized spacial score (nSPS) is 10.4. The van der Waals surface area contributed by atoms with E-state index >= 15 is 0 Å². The summed E-state index contributed by atoms with van der Waals surface area (Å²) < 4.78 is 32.3. The lowest BCUT2D eigenvalue weighted by molar-refractivity contribution is 0.240. The number of ether oxygens (including phenoxy) is 1. The van der Waals surface area contributed by atoms with Crippen LogP contribution in [0.25, 0.3) is 0 Å². The van der Waals surface area contributed by atoms with E-state index in [1.54, 1.807) is 48.7 Å². The number of carbonyl (C=O) groups excluding carboxylic acids is 1.